The first-order valence-electron chi connectivity index (χ1n) is 17.7. The summed E-state index contributed by atoms with van der Waals surface area (Å²) in [4.78, 5) is 27.8. The lowest BCUT2D eigenvalue weighted by molar-refractivity contribution is -0.119. The lowest BCUT2D eigenvalue weighted by Gasteiger charge is -2.39. The highest BCUT2D eigenvalue weighted by Crippen LogP contribution is 2.43. The normalized spacial score (nSPS) is 18.4. The zero-order valence-corrected chi connectivity index (χ0v) is 29.9. The number of hydrogen-bond acceptors (Lipinski definition) is 7. The number of carbonyl (C=O) groups excluding carboxylic acids is 2. The summed E-state index contributed by atoms with van der Waals surface area (Å²) in [6, 6.07) is 31.7. The highest BCUT2D eigenvalue weighted by Gasteiger charge is 2.41. The molecule has 1 N–H and O–H groups in total. The number of methoxy groups -OCH3 is 1. The molecule has 4 aromatic carbocycles. The molecule has 2 aliphatic rings. The number of benzene rings is 4. The van der Waals surface area contributed by atoms with Crippen molar-refractivity contribution < 1.29 is 33.3 Å². The van der Waals surface area contributed by atoms with Gasteiger partial charge in [-0.05, 0) is 62.1 Å². The van der Waals surface area contributed by atoms with Gasteiger partial charge >= 0.3 is 6.09 Å². The quantitative estimate of drug-likeness (QED) is 0.133. The summed E-state index contributed by atoms with van der Waals surface area (Å²) in [5, 5.41) is 3.09. The van der Waals surface area contributed by atoms with Gasteiger partial charge in [-0.15, -0.1) is 0 Å². The molecule has 9 heteroatoms. The predicted octanol–water partition coefficient (Wildman–Crippen LogP) is 8.18. The van der Waals surface area contributed by atoms with Crippen LogP contribution in [0.15, 0.2) is 97.1 Å². The molecule has 268 valence electrons. The molecule has 0 aliphatic carbocycles. The molecule has 0 spiro atoms. The third kappa shape index (κ3) is 8.55. The van der Waals surface area contributed by atoms with Gasteiger partial charge in [-0.1, -0.05) is 78.9 Å². The van der Waals surface area contributed by atoms with Gasteiger partial charge in [0.25, 0.3) is 0 Å². The van der Waals surface area contributed by atoms with E-state index < -0.39 is 5.41 Å². The number of likely N-dealkylation sites (tertiary alicyclic amines) is 1. The van der Waals surface area contributed by atoms with Crippen LogP contribution in [0.25, 0.3) is 0 Å². The molecule has 51 heavy (non-hydrogen) atoms. The van der Waals surface area contributed by atoms with E-state index in [0.29, 0.717) is 39.3 Å². The van der Waals surface area contributed by atoms with Gasteiger partial charge in [0.15, 0.2) is 0 Å². The second-order valence-electron chi connectivity index (χ2n) is 13.7. The summed E-state index contributed by atoms with van der Waals surface area (Å²) >= 11 is 0. The number of piperidine rings is 1. The van der Waals surface area contributed by atoms with Crippen LogP contribution >= 0.6 is 0 Å². The molecule has 0 bridgehead atoms. The van der Waals surface area contributed by atoms with E-state index in [2.05, 4.69) is 17.4 Å². The second-order valence-corrected chi connectivity index (χ2v) is 13.7. The van der Waals surface area contributed by atoms with Gasteiger partial charge in [0.05, 0.1) is 56.8 Å². The van der Waals surface area contributed by atoms with Crippen molar-refractivity contribution in [2.24, 2.45) is 0 Å². The van der Waals surface area contributed by atoms with Gasteiger partial charge in [0.1, 0.15) is 18.1 Å². The molecule has 2 aliphatic heterocycles. The molecular formula is C42H48N2O7. The fraction of sp³-hybridized carbons (Fsp3) is 0.381. The van der Waals surface area contributed by atoms with Crippen molar-refractivity contribution in [3.05, 3.63) is 125 Å². The minimum Gasteiger partial charge on any atom is -0.496 e. The molecule has 9 nitrogen and oxygen atoms in total. The Hall–Kier alpha value is -4.86. The van der Waals surface area contributed by atoms with Crippen molar-refractivity contribution in [1.82, 2.24) is 4.90 Å². The van der Waals surface area contributed by atoms with Crippen LogP contribution in [0.3, 0.4) is 0 Å². The lowest BCUT2D eigenvalue weighted by atomic mass is 9.85. The van der Waals surface area contributed by atoms with Crippen LogP contribution in [0.2, 0.25) is 0 Å². The van der Waals surface area contributed by atoms with E-state index in [1.807, 2.05) is 106 Å². The number of para-hydroxylation sites is 2. The molecule has 0 radical (unpaired) electrons. The number of fused-ring (bicyclic) bond motifs is 1. The monoisotopic (exact) mass is 692 g/mol. The van der Waals surface area contributed by atoms with Crippen LogP contribution in [-0.2, 0) is 37.6 Å². The third-order valence-electron chi connectivity index (χ3n) is 9.88. The highest BCUT2D eigenvalue weighted by molar-refractivity contribution is 6.06. The topological polar surface area (TPSA) is 95.6 Å². The van der Waals surface area contributed by atoms with Gasteiger partial charge < -0.3 is 33.9 Å². The van der Waals surface area contributed by atoms with E-state index >= 15 is 0 Å². The van der Waals surface area contributed by atoms with Crippen molar-refractivity contribution >= 4 is 17.7 Å². The second kappa shape index (κ2) is 16.4. The minimum atomic E-state index is -0.620. The molecule has 4 aromatic rings. The number of ether oxygens (including phenoxy) is 5. The van der Waals surface area contributed by atoms with Gasteiger partial charge in [-0.3, -0.25) is 4.79 Å². The Bertz CT molecular complexity index is 1780. The molecule has 1 fully saturated rings. The SMILES string of the molecule is COc1ccccc1COCCCOc1ccc(C2CCN(C(=O)OCc3ccccc3)CC2OC(C)c2cccc3c2NC(=O)C3(C)C)cc1. The van der Waals surface area contributed by atoms with Gasteiger partial charge in [-0.25, -0.2) is 4.79 Å². The minimum absolute atomic E-state index is 0.0253. The smallest absolute Gasteiger partial charge is 0.410 e. The third-order valence-corrected chi connectivity index (χ3v) is 9.88. The predicted molar refractivity (Wildman–Crippen MR) is 196 cm³/mol. The van der Waals surface area contributed by atoms with Crippen LogP contribution in [0.1, 0.15) is 73.5 Å². The maximum absolute atomic E-state index is 13.3. The number of rotatable bonds is 14. The molecule has 6 rings (SSSR count). The fourth-order valence-corrected chi connectivity index (χ4v) is 6.88. The van der Waals surface area contributed by atoms with Crippen molar-refractivity contribution in [3.63, 3.8) is 0 Å². The van der Waals surface area contributed by atoms with Crippen LogP contribution in [-0.4, -0.2) is 56.4 Å². The number of anilines is 1. The number of nitrogens with one attached hydrogen (secondary N) is 1. The molecule has 0 aromatic heterocycles. The first-order valence-corrected chi connectivity index (χ1v) is 17.7. The van der Waals surface area contributed by atoms with Crippen LogP contribution in [0, 0.1) is 0 Å². The van der Waals surface area contributed by atoms with E-state index in [1.165, 1.54) is 0 Å². The summed E-state index contributed by atoms with van der Waals surface area (Å²) < 4.78 is 29.8. The van der Waals surface area contributed by atoms with Crippen molar-refractivity contribution in [1.29, 1.82) is 0 Å². The molecule has 2 amide bonds. The molecular weight excluding hydrogens is 644 g/mol. The number of amides is 2. The Morgan fingerprint density at radius 2 is 1.69 bits per heavy atom. The van der Waals surface area contributed by atoms with Crippen molar-refractivity contribution in [3.8, 4) is 11.5 Å². The van der Waals surface area contributed by atoms with Gasteiger partial charge in [-0.2, -0.15) is 0 Å². The van der Waals surface area contributed by atoms with Crippen LogP contribution in [0.4, 0.5) is 10.5 Å². The standard InChI is InChI=1S/C42H48N2O7/c1-29(34-15-10-16-36-39(34)43-40(45)42(36,2)3)51-38-26-44(41(46)50-27-30-12-6-5-7-13-30)23-22-35(38)31-18-20-33(21-19-31)49-25-11-24-48-28-32-14-8-9-17-37(32)47-4/h5-10,12-21,29,35,38H,11,22-28H2,1-4H3,(H,43,45). The number of hydrogen-bond donors (Lipinski definition) is 1. The van der Waals surface area contributed by atoms with Crippen LogP contribution in [0.5, 0.6) is 11.5 Å². The maximum atomic E-state index is 13.3. The Morgan fingerprint density at radius 1 is 0.922 bits per heavy atom. The summed E-state index contributed by atoms with van der Waals surface area (Å²) in [5.74, 6) is 1.62. The first kappa shape index (κ1) is 35.9. The van der Waals surface area contributed by atoms with Gasteiger partial charge in [0.2, 0.25) is 5.91 Å². The van der Waals surface area contributed by atoms with Crippen molar-refractivity contribution in [2.75, 3.05) is 38.7 Å². The first-order chi connectivity index (χ1) is 24.7. The molecule has 1 saturated heterocycles. The van der Waals surface area contributed by atoms with E-state index in [4.69, 9.17) is 23.7 Å². The zero-order chi connectivity index (χ0) is 35.8. The average Bonchev–Trinajstić information content (AvgIpc) is 3.39. The maximum Gasteiger partial charge on any atom is 0.410 e. The Morgan fingerprint density at radius 3 is 2.47 bits per heavy atom. The molecule has 3 unspecified atom stereocenters. The molecule has 3 atom stereocenters. The Kier molecular flexibility index (Phi) is 11.6. The van der Waals surface area contributed by atoms with E-state index in [1.54, 1.807) is 12.0 Å². The number of nitrogens with zero attached hydrogens (tertiary/aromatic N) is 1. The Balaban J connectivity index is 1.09. The highest BCUT2D eigenvalue weighted by atomic mass is 16.6. The van der Waals surface area contributed by atoms with Crippen molar-refractivity contribution in [2.45, 2.75) is 70.4 Å². The summed E-state index contributed by atoms with van der Waals surface area (Å²) in [6.45, 7) is 8.61. The lowest BCUT2D eigenvalue weighted by Crippen LogP contribution is -2.47. The molecule has 0 saturated carbocycles. The summed E-state index contributed by atoms with van der Waals surface area (Å²) in [7, 11) is 1.66. The van der Waals surface area contributed by atoms with E-state index in [0.717, 1.165) is 51.4 Å². The largest absolute Gasteiger partial charge is 0.496 e. The fourth-order valence-electron chi connectivity index (χ4n) is 6.88. The van der Waals surface area contributed by atoms with Gasteiger partial charge in [0, 0.05) is 30.0 Å². The summed E-state index contributed by atoms with van der Waals surface area (Å²) in [6.07, 6.45) is 0.451. The van der Waals surface area contributed by atoms with E-state index in [-0.39, 0.29) is 36.7 Å². The van der Waals surface area contributed by atoms with Crippen LogP contribution < -0.4 is 14.8 Å². The Labute approximate surface area is 300 Å². The summed E-state index contributed by atoms with van der Waals surface area (Å²) in [5.41, 5.74) is 5.15. The number of carbonyl (C=O) groups is 2. The van der Waals surface area contributed by atoms with E-state index in [9.17, 15) is 9.59 Å². The zero-order valence-electron chi connectivity index (χ0n) is 29.9. The average molecular weight is 693 g/mol. The molecule has 2 heterocycles.